The zero-order valence-electron chi connectivity index (χ0n) is 12.2. The third-order valence-corrected chi connectivity index (χ3v) is 4.09. The van der Waals surface area contributed by atoms with E-state index in [1.807, 2.05) is 16.9 Å². The summed E-state index contributed by atoms with van der Waals surface area (Å²) in [5.41, 5.74) is 0.292. The highest BCUT2D eigenvalue weighted by Crippen LogP contribution is 2.32. The lowest BCUT2D eigenvalue weighted by Crippen LogP contribution is -2.43. The molecule has 2 rings (SSSR count). The number of carbonyl (C=O) groups excluding carboxylic acids is 1. The van der Waals surface area contributed by atoms with Crippen molar-refractivity contribution in [3.8, 4) is 0 Å². The Morgan fingerprint density at radius 2 is 2.11 bits per heavy atom. The maximum atomic E-state index is 12.5. The van der Waals surface area contributed by atoms with Crippen molar-refractivity contribution in [2.45, 2.75) is 64.0 Å². The average molecular weight is 264 g/mol. The van der Waals surface area contributed by atoms with Crippen molar-refractivity contribution in [2.75, 3.05) is 7.11 Å². The Morgan fingerprint density at radius 1 is 1.42 bits per heavy atom. The van der Waals surface area contributed by atoms with Gasteiger partial charge in [0.15, 0.2) is 5.78 Å². The van der Waals surface area contributed by atoms with Crippen LogP contribution in [-0.4, -0.2) is 28.3 Å². The van der Waals surface area contributed by atoms with Gasteiger partial charge in [-0.3, -0.25) is 9.48 Å². The van der Waals surface area contributed by atoms with E-state index in [-0.39, 0.29) is 5.78 Å². The van der Waals surface area contributed by atoms with Crippen LogP contribution in [0.25, 0.3) is 0 Å². The lowest BCUT2D eigenvalue weighted by molar-refractivity contribution is -0.144. The number of methoxy groups -OCH3 is 1. The fourth-order valence-corrected chi connectivity index (χ4v) is 2.80. The van der Waals surface area contributed by atoms with E-state index in [4.69, 9.17) is 4.74 Å². The van der Waals surface area contributed by atoms with Crippen LogP contribution >= 0.6 is 0 Å². The van der Waals surface area contributed by atoms with Crippen LogP contribution in [-0.2, 0) is 16.0 Å². The first-order valence-electron chi connectivity index (χ1n) is 7.20. The summed E-state index contributed by atoms with van der Waals surface area (Å²) in [4.78, 5) is 12.5. The summed E-state index contributed by atoms with van der Waals surface area (Å²) in [6.07, 6.45) is 7.40. The topological polar surface area (TPSA) is 44.1 Å². The number of hydrogen-bond acceptors (Lipinski definition) is 3. The third-order valence-electron chi connectivity index (χ3n) is 4.09. The summed E-state index contributed by atoms with van der Waals surface area (Å²) < 4.78 is 7.47. The lowest BCUT2D eigenvalue weighted by Gasteiger charge is -2.34. The molecule has 0 saturated heterocycles. The molecule has 0 amide bonds. The number of Topliss-reactive ketones (excluding diaryl/α,β-unsaturated/α-hetero) is 1. The molecule has 0 aliphatic heterocycles. The predicted molar refractivity (Wildman–Crippen MR) is 74.1 cm³/mol. The lowest BCUT2D eigenvalue weighted by atomic mass is 9.80. The molecule has 0 unspecified atom stereocenters. The minimum atomic E-state index is -0.556. The number of carbonyl (C=O) groups is 1. The van der Waals surface area contributed by atoms with Gasteiger partial charge in [0.2, 0.25) is 0 Å². The zero-order chi connectivity index (χ0) is 13.9. The summed E-state index contributed by atoms with van der Waals surface area (Å²) in [6.45, 7) is 4.16. The minimum absolute atomic E-state index is 0.184. The number of nitrogens with zero attached hydrogens (tertiary/aromatic N) is 2. The van der Waals surface area contributed by atoms with Crippen molar-refractivity contribution >= 4 is 5.78 Å². The molecule has 4 nitrogen and oxygen atoms in total. The number of aromatic nitrogens is 2. The number of ether oxygens (including phenoxy) is 1. The fourth-order valence-electron chi connectivity index (χ4n) is 2.80. The van der Waals surface area contributed by atoms with Gasteiger partial charge >= 0.3 is 0 Å². The summed E-state index contributed by atoms with van der Waals surface area (Å²) in [7, 11) is 1.66. The normalized spacial score (nSPS) is 18.7. The molecule has 1 fully saturated rings. The van der Waals surface area contributed by atoms with Crippen LogP contribution in [0.1, 0.15) is 57.7 Å². The van der Waals surface area contributed by atoms with Crippen molar-refractivity contribution < 1.29 is 9.53 Å². The molecule has 1 saturated carbocycles. The van der Waals surface area contributed by atoms with Gasteiger partial charge < -0.3 is 4.74 Å². The van der Waals surface area contributed by atoms with Crippen LogP contribution in [0.5, 0.6) is 0 Å². The summed E-state index contributed by atoms with van der Waals surface area (Å²) in [5, 5.41) is 4.45. The summed E-state index contributed by atoms with van der Waals surface area (Å²) >= 11 is 0. The Hall–Kier alpha value is -1.16. The fraction of sp³-hybridized carbons (Fsp3) is 0.733. The highest BCUT2D eigenvalue weighted by atomic mass is 16.5. The highest BCUT2D eigenvalue weighted by molar-refractivity contribution is 5.89. The van der Waals surface area contributed by atoms with Crippen molar-refractivity contribution in [3.05, 3.63) is 18.0 Å². The number of hydrogen-bond donors (Lipinski definition) is 0. The van der Waals surface area contributed by atoms with Gasteiger partial charge in [0.05, 0.1) is 12.1 Å². The number of rotatable bonds is 5. The minimum Gasteiger partial charge on any atom is -0.370 e. The van der Waals surface area contributed by atoms with Crippen LogP contribution in [0.4, 0.5) is 0 Å². The molecule has 0 aromatic carbocycles. The first-order valence-corrected chi connectivity index (χ1v) is 7.20. The summed E-state index contributed by atoms with van der Waals surface area (Å²) in [5.74, 6) is 0.184. The molecule has 1 heterocycles. The Labute approximate surface area is 115 Å². The molecule has 1 aromatic rings. The molecule has 0 radical (unpaired) electrons. The van der Waals surface area contributed by atoms with E-state index in [1.165, 1.54) is 6.42 Å². The van der Waals surface area contributed by atoms with E-state index in [2.05, 4.69) is 18.9 Å². The van der Waals surface area contributed by atoms with E-state index in [1.54, 1.807) is 7.11 Å². The van der Waals surface area contributed by atoms with Gasteiger partial charge in [0.25, 0.3) is 0 Å². The quantitative estimate of drug-likeness (QED) is 0.821. The molecule has 106 valence electrons. The first-order chi connectivity index (χ1) is 9.07. The molecule has 0 spiro atoms. The second kappa shape index (κ2) is 5.87. The molecular weight excluding hydrogens is 240 g/mol. The van der Waals surface area contributed by atoms with Gasteiger partial charge in [0, 0.05) is 19.3 Å². The van der Waals surface area contributed by atoms with Gasteiger partial charge in [-0.05, 0) is 32.8 Å². The molecule has 0 N–H and O–H groups in total. The van der Waals surface area contributed by atoms with Crippen LogP contribution in [0, 0.1) is 0 Å². The second-order valence-corrected chi connectivity index (χ2v) is 5.74. The van der Waals surface area contributed by atoms with E-state index < -0.39 is 5.60 Å². The van der Waals surface area contributed by atoms with E-state index >= 15 is 0 Å². The molecule has 1 aromatic heterocycles. The van der Waals surface area contributed by atoms with Crippen molar-refractivity contribution in [1.29, 1.82) is 0 Å². The van der Waals surface area contributed by atoms with Gasteiger partial charge in [-0.1, -0.05) is 19.3 Å². The van der Waals surface area contributed by atoms with E-state index in [0.29, 0.717) is 12.5 Å². The van der Waals surface area contributed by atoms with Crippen LogP contribution in [0.15, 0.2) is 12.3 Å². The molecule has 0 atom stereocenters. The second-order valence-electron chi connectivity index (χ2n) is 5.74. The van der Waals surface area contributed by atoms with Gasteiger partial charge in [0.1, 0.15) is 5.60 Å². The van der Waals surface area contributed by atoms with E-state index in [0.717, 1.165) is 31.4 Å². The van der Waals surface area contributed by atoms with E-state index in [9.17, 15) is 4.79 Å². The van der Waals surface area contributed by atoms with Crippen LogP contribution in [0.3, 0.4) is 0 Å². The van der Waals surface area contributed by atoms with Crippen LogP contribution in [0.2, 0.25) is 0 Å². The maximum absolute atomic E-state index is 12.5. The molecule has 4 heteroatoms. The van der Waals surface area contributed by atoms with Crippen molar-refractivity contribution in [1.82, 2.24) is 9.78 Å². The Balaban J connectivity index is 2.06. The van der Waals surface area contributed by atoms with Gasteiger partial charge in [-0.25, -0.2) is 0 Å². The van der Waals surface area contributed by atoms with Gasteiger partial charge in [-0.15, -0.1) is 0 Å². The third kappa shape index (κ3) is 3.06. The molecular formula is C15H24N2O2. The number of ketones is 1. The maximum Gasteiger partial charge on any atom is 0.170 e. The Kier molecular flexibility index (Phi) is 4.40. The first kappa shape index (κ1) is 14.3. The largest absolute Gasteiger partial charge is 0.370 e. The molecule has 19 heavy (non-hydrogen) atoms. The molecule has 1 aliphatic rings. The summed E-state index contributed by atoms with van der Waals surface area (Å²) in [6, 6.07) is 2.26. The SMILES string of the molecule is COC1(C(=O)Cc2ccn(C(C)C)n2)CCCCC1. The van der Waals surface area contributed by atoms with Gasteiger partial charge in [-0.2, -0.15) is 5.10 Å². The van der Waals surface area contributed by atoms with Crippen molar-refractivity contribution in [3.63, 3.8) is 0 Å². The zero-order valence-corrected chi connectivity index (χ0v) is 12.2. The predicted octanol–water partition coefficient (Wildman–Crippen LogP) is 2.92. The highest BCUT2D eigenvalue weighted by Gasteiger charge is 2.39. The Bertz CT molecular complexity index is 431. The smallest absolute Gasteiger partial charge is 0.170 e. The standard InChI is InChI=1S/C15H24N2O2/c1-12(2)17-10-7-13(16-17)11-14(18)15(19-3)8-5-4-6-9-15/h7,10,12H,4-6,8-9,11H2,1-3H3. The molecule has 1 aliphatic carbocycles. The van der Waals surface area contributed by atoms with Crippen LogP contribution < -0.4 is 0 Å². The monoisotopic (exact) mass is 264 g/mol. The Morgan fingerprint density at radius 3 is 2.63 bits per heavy atom. The average Bonchev–Trinajstić information content (AvgIpc) is 2.88. The molecule has 0 bridgehead atoms. The van der Waals surface area contributed by atoms with Crippen molar-refractivity contribution in [2.24, 2.45) is 0 Å².